The Labute approximate surface area is 191 Å². The van der Waals surface area contributed by atoms with E-state index in [4.69, 9.17) is 14.2 Å². The number of hydrogen-bond donors (Lipinski definition) is 0. The maximum atomic E-state index is 12.2. The fourth-order valence-electron chi connectivity index (χ4n) is 3.99. The Morgan fingerprint density at radius 2 is 1.66 bits per heavy atom. The van der Waals surface area contributed by atoms with E-state index in [1.165, 1.54) is 0 Å². The van der Waals surface area contributed by atoms with Gasteiger partial charge in [-0.25, -0.2) is 4.79 Å². The van der Waals surface area contributed by atoms with Crippen molar-refractivity contribution in [3.8, 4) is 5.75 Å². The smallest absolute Gasteiger partial charge is 0.338 e. The van der Waals surface area contributed by atoms with Gasteiger partial charge in [0.05, 0.1) is 25.4 Å². The molecular weight excluding hydrogens is 410 g/mol. The van der Waals surface area contributed by atoms with Crippen molar-refractivity contribution in [2.75, 3.05) is 52.5 Å². The molecule has 8 heteroatoms. The molecule has 2 fully saturated rings. The molecule has 2 saturated heterocycles. The van der Waals surface area contributed by atoms with Crippen molar-refractivity contribution < 1.29 is 23.8 Å². The van der Waals surface area contributed by atoms with Crippen LogP contribution >= 0.6 is 0 Å². The molecule has 1 atom stereocenters. The number of likely N-dealkylation sites (tertiary alicyclic amines) is 1. The van der Waals surface area contributed by atoms with E-state index in [0.29, 0.717) is 18.7 Å². The van der Waals surface area contributed by atoms with Crippen LogP contribution in [0.3, 0.4) is 0 Å². The van der Waals surface area contributed by atoms with E-state index in [1.54, 1.807) is 12.1 Å². The third-order valence-corrected chi connectivity index (χ3v) is 5.57. The molecule has 8 nitrogen and oxygen atoms in total. The zero-order valence-electron chi connectivity index (χ0n) is 19.8. The van der Waals surface area contributed by atoms with Crippen LogP contribution in [0, 0.1) is 0 Å². The molecule has 0 amide bonds. The minimum atomic E-state index is -0.513. The van der Waals surface area contributed by atoms with Gasteiger partial charge >= 0.3 is 11.9 Å². The van der Waals surface area contributed by atoms with Crippen molar-refractivity contribution in [2.45, 2.75) is 52.4 Å². The fraction of sp³-hybridized carbons (Fsp3) is 0.667. The van der Waals surface area contributed by atoms with Crippen LogP contribution in [0.15, 0.2) is 24.3 Å². The number of carbonyl (C=O) groups is 2. The first-order chi connectivity index (χ1) is 15.2. The number of ether oxygens (including phenoxy) is 3. The molecule has 0 aliphatic carbocycles. The summed E-state index contributed by atoms with van der Waals surface area (Å²) in [6.45, 7) is 13.6. The van der Waals surface area contributed by atoms with E-state index < -0.39 is 5.60 Å². The number of benzene rings is 1. The van der Waals surface area contributed by atoms with Gasteiger partial charge in [0.2, 0.25) is 0 Å². The lowest BCUT2D eigenvalue weighted by Gasteiger charge is -2.37. The molecule has 2 aliphatic rings. The van der Waals surface area contributed by atoms with Gasteiger partial charge in [0.1, 0.15) is 11.4 Å². The highest BCUT2D eigenvalue weighted by atomic mass is 16.6. The molecule has 0 radical (unpaired) electrons. The van der Waals surface area contributed by atoms with Gasteiger partial charge in [0.15, 0.2) is 6.23 Å². The Hall–Kier alpha value is -2.16. The number of esters is 2. The van der Waals surface area contributed by atoms with Gasteiger partial charge in [-0.1, -0.05) is 0 Å². The van der Waals surface area contributed by atoms with Gasteiger partial charge in [-0.05, 0) is 64.8 Å². The van der Waals surface area contributed by atoms with Crippen molar-refractivity contribution in [1.29, 1.82) is 0 Å². The van der Waals surface area contributed by atoms with Crippen molar-refractivity contribution in [3.63, 3.8) is 0 Å². The molecule has 0 aromatic heterocycles. The van der Waals surface area contributed by atoms with Crippen LogP contribution in [-0.2, 0) is 14.3 Å². The molecule has 178 valence electrons. The van der Waals surface area contributed by atoms with Crippen molar-refractivity contribution in [1.82, 2.24) is 14.7 Å². The van der Waals surface area contributed by atoms with E-state index in [2.05, 4.69) is 14.7 Å². The molecule has 0 N–H and O–H groups in total. The summed E-state index contributed by atoms with van der Waals surface area (Å²) in [7, 11) is 0. The molecule has 1 aromatic rings. The van der Waals surface area contributed by atoms with E-state index >= 15 is 0 Å². The molecule has 0 spiro atoms. The molecule has 32 heavy (non-hydrogen) atoms. The summed E-state index contributed by atoms with van der Waals surface area (Å²) in [4.78, 5) is 30.8. The average Bonchev–Trinajstić information content (AvgIpc) is 3.15. The minimum absolute atomic E-state index is 0.0277. The van der Waals surface area contributed by atoms with E-state index in [9.17, 15) is 9.59 Å². The molecular formula is C24H37N3O5. The summed E-state index contributed by atoms with van der Waals surface area (Å²) in [6.07, 6.45) is 2.11. The number of piperazine rings is 1. The molecule has 0 saturated carbocycles. The summed E-state index contributed by atoms with van der Waals surface area (Å²) in [5.74, 6) is 0.286. The first-order valence-corrected chi connectivity index (χ1v) is 11.6. The Bertz CT molecular complexity index is 754. The minimum Gasteiger partial charge on any atom is -0.475 e. The third-order valence-electron chi connectivity index (χ3n) is 5.57. The number of hydrogen-bond acceptors (Lipinski definition) is 8. The summed E-state index contributed by atoms with van der Waals surface area (Å²) in [6, 6.07) is 7.19. The predicted octanol–water partition coefficient (Wildman–Crippen LogP) is 2.58. The quantitative estimate of drug-likeness (QED) is 0.563. The second kappa shape index (κ2) is 11.1. The monoisotopic (exact) mass is 447 g/mol. The summed E-state index contributed by atoms with van der Waals surface area (Å²) in [5.41, 5.74) is 0.0113. The van der Waals surface area contributed by atoms with Gasteiger partial charge in [0.25, 0.3) is 0 Å². The van der Waals surface area contributed by atoms with Crippen molar-refractivity contribution in [3.05, 3.63) is 29.8 Å². The van der Waals surface area contributed by atoms with Crippen LogP contribution in [0.4, 0.5) is 0 Å². The third kappa shape index (κ3) is 7.46. The van der Waals surface area contributed by atoms with Gasteiger partial charge in [0, 0.05) is 32.7 Å². The lowest BCUT2D eigenvalue weighted by molar-refractivity contribution is -0.145. The standard InChI is InChI=1S/C24H37N3O5/c1-5-30-22(28)17-25-13-15-26(16-14-25)18-27-12-6-7-21(27)31-20-10-8-19(9-11-20)23(29)32-24(2,3)4/h8-11,21H,5-7,12-18H2,1-4H3. The lowest BCUT2D eigenvalue weighted by Crippen LogP contribution is -2.52. The SMILES string of the molecule is CCOC(=O)CN1CCN(CN2CCCC2Oc2ccc(C(=O)OC(C)(C)C)cc2)CC1. The van der Waals surface area contributed by atoms with E-state index in [0.717, 1.165) is 58.0 Å². The first kappa shape index (κ1) is 24.5. The molecule has 1 aromatic carbocycles. The Morgan fingerprint density at radius 3 is 2.28 bits per heavy atom. The normalized spacial score (nSPS) is 20.8. The first-order valence-electron chi connectivity index (χ1n) is 11.6. The molecule has 0 bridgehead atoms. The summed E-state index contributed by atoms with van der Waals surface area (Å²) < 4.78 is 16.7. The van der Waals surface area contributed by atoms with Gasteiger partial charge in [-0.15, -0.1) is 0 Å². The summed E-state index contributed by atoms with van der Waals surface area (Å²) in [5, 5.41) is 0. The van der Waals surface area contributed by atoms with E-state index in [-0.39, 0.29) is 18.2 Å². The maximum Gasteiger partial charge on any atom is 0.338 e. The lowest BCUT2D eigenvalue weighted by atomic mass is 10.1. The summed E-state index contributed by atoms with van der Waals surface area (Å²) >= 11 is 0. The van der Waals surface area contributed by atoms with Crippen molar-refractivity contribution in [2.24, 2.45) is 0 Å². The van der Waals surface area contributed by atoms with Gasteiger partial charge in [-0.2, -0.15) is 0 Å². The van der Waals surface area contributed by atoms with Crippen LogP contribution in [0.25, 0.3) is 0 Å². The Morgan fingerprint density at radius 1 is 1.00 bits per heavy atom. The number of nitrogens with zero attached hydrogens (tertiary/aromatic N) is 3. The van der Waals surface area contributed by atoms with Crippen LogP contribution in [0.2, 0.25) is 0 Å². The zero-order chi connectivity index (χ0) is 23.1. The van der Waals surface area contributed by atoms with Crippen LogP contribution in [0.5, 0.6) is 5.75 Å². The maximum absolute atomic E-state index is 12.2. The highest BCUT2D eigenvalue weighted by Crippen LogP contribution is 2.23. The Balaban J connectivity index is 1.46. The zero-order valence-corrected chi connectivity index (χ0v) is 19.8. The average molecular weight is 448 g/mol. The topological polar surface area (TPSA) is 71.5 Å². The second-order valence-electron chi connectivity index (χ2n) is 9.39. The highest BCUT2D eigenvalue weighted by molar-refractivity contribution is 5.89. The predicted molar refractivity (Wildman–Crippen MR) is 121 cm³/mol. The highest BCUT2D eigenvalue weighted by Gasteiger charge is 2.29. The molecule has 2 heterocycles. The Kier molecular flexibility index (Phi) is 8.51. The second-order valence-corrected chi connectivity index (χ2v) is 9.39. The van der Waals surface area contributed by atoms with Gasteiger partial charge < -0.3 is 14.2 Å². The number of carbonyl (C=O) groups excluding carboxylic acids is 2. The van der Waals surface area contributed by atoms with E-state index in [1.807, 2.05) is 39.8 Å². The fourth-order valence-corrected chi connectivity index (χ4v) is 3.99. The molecule has 1 unspecified atom stereocenters. The molecule has 3 rings (SSSR count). The largest absolute Gasteiger partial charge is 0.475 e. The van der Waals surface area contributed by atoms with Gasteiger partial charge in [-0.3, -0.25) is 19.5 Å². The van der Waals surface area contributed by atoms with Crippen LogP contribution < -0.4 is 4.74 Å². The van der Waals surface area contributed by atoms with Crippen LogP contribution in [-0.4, -0.2) is 91.0 Å². The number of rotatable bonds is 8. The van der Waals surface area contributed by atoms with Crippen LogP contribution in [0.1, 0.15) is 50.9 Å². The molecule has 2 aliphatic heterocycles. The van der Waals surface area contributed by atoms with Crippen molar-refractivity contribution >= 4 is 11.9 Å².